The van der Waals surface area contributed by atoms with Crippen LogP contribution < -0.4 is 11.3 Å². The van der Waals surface area contributed by atoms with Gasteiger partial charge in [0.05, 0.1) is 11.8 Å². The molecule has 0 bridgehead atoms. The van der Waals surface area contributed by atoms with Gasteiger partial charge in [-0.3, -0.25) is 11.3 Å². The predicted octanol–water partition coefficient (Wildman–Crippen LogP) is 0.822. The molecule has 7 heteroatoms. The van der Waals surface area contributed by atoms with Gasteiger partial charge in [0, 0.05) is 11.8 Å². The first-order valence-electron chi connectivity index (χ1n) is 4.84. The van der Waals surface area contributed by atoms with Crippen molar-refractivity contribution in [2.45, 2.75) is 13.0 Å². The first-order chi connectivity index (χ1) is 7.76. The van der Waals surface area contributed by atoms with Crippen LogP contribution in [0.4, 0.5) is 8.78 Å². The summed E-state index contributed by atoms with van der Waals surface area (Å²) in [7, 11) is -3.41. The lowest BCUT2D eigenvalue weighted by Crippen LogP contribution is -2.34. The van der Waals surface area contributed by atoms with Gasteiger partial charge in [0.25, 0.3) is 0 Å². The van der Waals surface area contributed by atoms with Gasteiger partial charge in [-0.25, -0.2) is 17.2 Å². The first kappa shape index (κ1) is 14.0. The van der Waals surface area contributed by atoms with Gasteiger partial charge < -0.3 is 0 Å². The highest BCUT2D eigenvalue weighted by Crippen LogP contribution is 2.23. The van der Waals surface area contributed by atoms with Crippen LogP contribution in [0.25, 0.3) is 0 Å². The van der Waals surface area contributed by atoms with Crippen molar-refractivity contribution in [3.63, 3.8) is 0 Å². The monoisotopic (exact) mass is 264 g/mol. The molecule has 0 saturated heterocycles. The molecule has 96 valence electrons. The Morgan fingerprint density at radius 1 is 1.41 bits per heavy atom. The van der Waals surface area contributed by atoms with E-state index < -0.39 is 33.3 Å². The zero-order chi connectivity index (χ0) is 13.2. The van der Waals surface area contributed by atoms with E-state index in [1.807, 2.05) is 0 Å². The van der Waals surface area contributed by atoms with Crippen molar-refractivity contribution in [3.05, 3.63) is 34.9 Å². The molecule has 1 atom stereocenters. The Balaban J connectivity index is 3.25. The number of benzene rings is 1. The van der Waals surface area contributed by atoms with E-state index in [4.69, 9.17) is 5.84 Å². The van der Waals surface area contributed by atoms with E-state index in [2.05, 4.69) is 5.43 Å². The minimum absolute atomic E-state index is 0.232. The van der Waals surface area contributed by atoms with Crippen LogP contribution in [0, 0.1) is 18.6 Å². The minimum atomic E-state index is -3.41. The van der Waals surface area contributed by atoms with E-state index in [0.29, 0.717) is 0 Å². The van der Waals surface area contributed by atoms with Crippen LogP contribution in [-0.2, 0) is 9.84 Å². The molecule has 0 radical (unpaired) electrons. The molecule has 4 nitrogen and oxygen atoms in total. The molecule has 17 heavy (non-hydrogen) atoms. The van der Waals surface area contributed by atoms with Crippen LogP contribution >= 0.6 is 0 Å². The molecule has 0 saturated carbocycles. The van der Waals surface area contributed by atoms with Crippen LogP contribution in [0.15, 0.2) is 12.1 Å². The smallest absolute Gasteiger partial charge is 0.149 e. The third kappa shape index (κ3) is 3.45. The number of hydrogen-bond acceptors (Lipinski definition) is 4. The van der Waals surface area contributed by atoms with Crippen LogP contribution in [0.3, 0.4) is 0 Å². The fourth-order valence-corrected chi connectivity index (χ4v) is 2.38. The molecule has 0 aliphatic heterocycles. The van der Waals surface area contributed by atoms with Crippen molar-refractivity contribution in [2.24, 2.45) is 5.84 Å². The largest absolute Gasteiger partial charge is 0.271 e. The summed E-state index contributed by atoms with van der Waals surface area (Å²) in [6.07, 6.45) is 0.975. The second-order valence-electron chi connectivity index (χ2n) is 3.90. The van der Waals surface area contributed by atoms with E-state index in [0.717, 1.165) is 12.3 Å². The second kappa shape index (κ2) is 5.07. The summed E-state index contributed by atoms with van der Waals surface area (Å²) in [5.41, 5.74) is 2.01. The van der Waals surface area contributed by atoms with Crippen molar-refractivity contribution >= 4 is 9.84 Å². The van der Waals surface area contributed by atoms with Crippen LogP contribution in [0.5, 0.6) is 0 Å². The van der Waals surface area contributed by atoms with Crippen molar-refractivity contribution < 1.29 is 17.2 Å². The van der Waals surface area contributed by atoms with Gasteiger partial charge >= 0.3 is 0 Å². The fraction of sp³-hybridized carbons (Fsp3) is 0.400. The standard InChI is InChI=1S/C10H14F2N2O2S/c1-6-3-4-7(11)9(10(6)12)8(14-13)5-17(2,15)16/h3-4,8,14H,5,13H2,1-2H3. The average Bonchev–Trinajstić information content (AvgIpc) is 2.21. The highest BCUT2D eigenvalue weighted by Gasteiger charge is 2.23. The van der Waals surface area contributed by atoms with E-state index in [-0.39, 0.29) is 11.1 Å². The van der Waals surface area contributed by atoms with Crippen molar-refractivity contribution in [1.29, 1.82) is 0 Å². The summed E-state index contributed by atoms with van der Waals surface area (Å²) in [5, 5.41) is 0. The lowest BCUT2D eigenvalue weighted by molar-refractivity contribution is 0.489. The molecule has 1 aromatic carbocycles. The fourth-order valence-electron chi connectivity index (χ4n) is 1.52. The summed E-state index contributed by atoms with van der Waals surface area (Å²) in [5.74, 6) is 3.08. The van der Waals surface area contributed by atoms with Gasteiger partial charge in [-0.1, -0.05) is 6.07 Å². The molecule has 1 rings (SSSR count). The van der Waals surface area contributed by atoms with Crippen LogP contribution in [0.2, 0.25) is 0 Å². The van der Waals surface area contributed by atoms with Gasteiger partial charge in [0.15, 0.2) is 0 Å². The molecule has 0 heterocycles. The van der Waals surface area contributed by atoms with Gasteiger partial charge in [-0.05, 0) is 18.6 Å². The third-order valence-corrected chi connectivity index (χ3v) is 3.28. The quantitative estimate of drug-likeness (QED) is 0.624. The molecule has 1 aromatic rings. The highest BCUT2D eigenvalue weighted by molar-refractivity contribution is 7.90. The Bertz CT molecular complexity index is 517. The number of rotatable bonds is 4. The summed E-state index contributed by atoms with van der Waals surface area (Å²) in [4.78, 5) is 0. The molecule has 0 aromatic heterocycles. The summed E-state index contributed by atoms with van der Waals surface area (Å²) < 4.78 is 49.5. The summed E-state index contributed by atoms with van der Waals surface area (Å²) >= 11 is 0. The van der Waals surface area contributed by atoms with Gasteiger partial charge in [-0.15, -0.1) is 0 Å². The number of nitrogens with one attached hydrogen (secondary N) is 1. The van der Waals surface area contributed by atoms with E-state index in [1.165, 1.54) is 13.0 Å². The Morgan fingerprint density at radius 2 is 2.00 bits per heavy atom. The van der Waals surface area contributed by atoms with E-state index in [9.17, 15) is 17.2 Å². The molecule has 0 aliphatic rings. The highest BCUT2D eigenvalue weighted by atomic mass is 32.2. The number of aryl methyl sites for hydroxylation is 1. The number of halogens is 2. The van der Waals surface area contributed by atoms with Gasteiger partial charge in [0.1, 0.15) is 21.5 Å². The van der Waals surface area contributed by atoms with Crippen molar-refractivity contribution in [1.82, 2.24) is 5.43 Å². The Labute approximate surface area is 98.7 Å². The SMILES string of the molecule is Cc1ccc(F)c(C(CS(C)(=O)=O)NN)c1F. The van der Waals surface area contributed by atoms with Crippen LogP contribution in [0.1, 0.15) is 17.2 Å². The molecule has 0 amide bonds. The van der Waals surface area contributed by atoms with Crippen LogP contribution in [-0.4, -0.2) is 20.4 Å². The first-order valence-corrected chi connectivity index (χ1v) is 6.90. The zero-order valence-corrected chi connectivity index (χ0v) is 10.3. The van der Waals surface area contributed by atoms with Gasteiger partial charge in [-0.2, -0.15) is 0 Å². The Morgan fingerprint density at radius 3 is 2.47 bits per heavy atom. The predicted molar refractivity (Wildman–Crippen MR) is 60.9 cm³/mol. The number of sulfone groups is 1. The molecule has 0 spiro atoms. The molecule has 1 unspecified atom stereocenters. The Hall–Kier alpha value is -1.05. The minimum Gasteiger partial charge on any atom is -0.271 e. The molecular formula is C10H14F2N2O2S. The third-order valence-electron chi connectivity index (χ3n) is 2.34. The molecule has 3 N–H and O–H groups in total. The Kier molecular flexibility index (Phi) is 4.18. The topological polar surface area (TPSA) is 72.2 Å². The van der Waals surface area contributed by atoms with E-state index in [1.54, 1.807) is 0 Å². The average molecular weight is 264 g/mol. The maximum Gasteiger partial charge on any atom is 0.149 e. The van der Waals surface area contributed by atoms with Crippen molar-refractivity contribution in [2.75, 3.05) is 12.0 Å². The molecular weight excluding hydrogens is 250 g/mol. The number of nitrogens with two attached hydrogens (primary N) is 1. The molecule has 0 aliphatic carbocycles. The number of hydrazine groups is 1. The zero-order valence-electron chi connectivity index (χ0n) is 9.50. The lowest BCUT2D eigenvalue weighted by atomic mass is 10.0. The number of hydrogen-bond donors (Lipinski definition) is 2. The van der Waals surface area contributed by atoms with Crippen molar-refractivity contribution in [3.8, 4) is 0 Å². The van der Waals surface area contributed by atoms with E-state index >= 15 is 0 Å². The summed E-state index contributed by atoms with van der Waals surface area (Å²) in [6, 6.07) is 1.26. The maximum absolute atomic E-state index is 13.7. The molecule has 0 fully saturated rings. The summed E-state index contributed by atoms with van der Waals surface area (Å²) in [6.45, 7) is 1.46. The van der Waals surface area contributed by atoms with Gasteiger partial charge in [0.2, 0.25) is 0 Å². The lowest BCUT2D eigenvalue weighted by Gasteiger charge is -2.17. The normalized spacial score (nSPS) is 13.7. The second-order valence-corrected chi connectivity index (χ2v) is 6.09. The maximum atomic E-state index is 13.7.